The second-order valence-electron chi connectivity index (χ2n) is 6.21. The molecule has 22 heavy (non-hydrogen) atoms. The van der Waals surface area contributed by atoms with Gasteiger partial charge in [0.1, 0.15) is 6.61 Å². The van der Waals surface area contributed by atoms with Crippen molar-refractivity contribution in [3.8, 4) is 0 Å². The fourth-order valence-electron chi connectivity index (χ4n) is 3.13. The third-order valence-corrected chi connectivity index (χ3v) is 4.79. The van der Waals surface area contributed by atoms with Gasteiger partial charge in [0, 0.05) is 12.6 Å². The Balaban J connectivity index is 1.72. The predicted molar refractivity (Wildman–Crippen MR) is 90.3 cm³/mol. The average Bonchev–Trinajstić information content (AvgIpc) is 2.58. The van der Waals surface area contributed by atoms with Crippen LogP contribution in [0.3, 0.4) is 0 Å². The maximum Gasteiger partial charge on any atom is 0.107 e. The van der Waals surface area contributed by atoms with Crippen molar-refractivity contribution < 1.29 is 9.78 Å². The largest absolute Gasteiger partial charge is 0.310 e. The van der Waals surface area contributed by atoms with Crippen LogP contribution in [0.4, 0.5) is 0 Å². The quantitative estimate of drug-likeness (QED) is 0.461. The molecule has 0 spiro atoms. The third kappa shape index (κ3) is 5.24. The summed E-state index contributed by atoms with van der Waals surface area (Å²) in [5, 5.41) is 3.70. The zero-order valence-electron chi connectivity index (χ0n) is 14.1. The summed E-state index contributed by atoms with van der Waals surface area (Å²) in [4.78, 5) is 9.55. The summed E-state index contributed by atoms with van der Waals surface area (Å²) >= 11 is 0. The fraction of sp³-hybridized carbons (Fsp3) is 0.579. The molecular weight excluding hydrogens is 274 g/mol. The van der Waals surface area contributed by atoms with E-state index in [9.17, 15) is 0 Å². The van der Waals surface area contributed by atoms with Gasteiger partial charge in [-0.2, -0.15) is 0 Å². The first-order chi connectivity index (χ1) is 10.7. The smallest absolute Gasteiger partial charge is 0.107 e. The number of benzene rings is 1. The van der Waals surface area contributed by atoms with Gasteiger partial charge in [0.2, 0.25) is 0 Å². The number of nitrogens with one attached hydrogen (secondary N) is 1. The zero-order valence-corrected chi connectivity index (χ0v) is 14.1. The Labute approximate surface area is 134 Å². The molecule has 0 aliphatic heterocycles. The summed E-state index contributed by atoms with van der Waals surface area (Å²) in [6.45, 7) is 5.87. The molecule has 1 saturated carbocycles. The van der Waals surface area contributed by atoms with Crippen molar-refractivity contribution in [1.82, 2.24) is 5.32 Å². The highest BCUT2D eigenvalue weighted by atomic mass is 17.2. The molecule has 1 aliphatic rings. The molecule has 2 rings (SSSR count). The van der Waals surface area contributed by atoms with Crippen molar-refractivity contribution in [2.75, 3.05) is 7.11 Å². The Morgan fingerprint density at radius 1 is 1.14 bits per heavy atom. The molecule has 1 fully saturated rings. The van der Waals surface area contributed by atoms with Gasteiger partial charge in [0.05, 0.1) is 7.11 Å². The zero-order chi connectivity index (χ0) is 15.8. The summed E-state index contributed by atoms with van der Waals surface area (Å²) in [5.41, 5.74) is 4.02. The molecule has 0 radical (unpaired) electrons. The van der Waals surface area contributed by atoms with Gasteiger partial charge in [-0.3, -0.25) is 0 Å². The average molecular weight is 303 g/mol. The van der Waals surface area contributed by atoms with Crippen molar-refractivity contribution >= 4 is 0 Å². The molecule has 0 bridgehead atoms. The van der Waals surface area contributed by atoms with Crippen LogP contribution >= 0.6 is 0 Å². The Kier molecular flexibility index (Phi) is 7.10. The van der Waals surface area contributed by atoms with Crippen LogP contribution in [-0.4, -0.2) is 13.2 Å². The molecule has 3 heteroatoms. The molecule has 1 aromatic carbocycles. The first-order valence-electron chi connectivity index (χ1n) is 8.32. The van der Waals surface area contributed by atoms with Crippen molar-refractivity contribution in [2.45, 2.75) is 58.7 Å². The number of hydrogen-bond donors (Lipinski definition) is 1. The van der Waals surface area contributed by atoms with E-state index >= 15 is 0 Å². The van der Waals surface area contributed by atoms with E-state index in [-0.39, 0.29) is 0 Å². The molecule has 0 aromatic heterocycles. The van der Waals surface area contributed by atoms with Gasteiger partial charge in [-0.25, -0.2) is 9.78 Å². The van der Waals surface area contributed by atoms with Crippen LogP contribution in [0.5, 0.6) is 0 Å². The van der Waals surface area contributed by atoms with Crippen molar-refractivity contribution in [1.29, 1.82) is 0 Å². The lowest BCUT2D eigenvalue weighted by Crippen LogP contribution is -2.32. The predicted octanol–water partition coefficient (Wildman–Crippen LogP) is 4.38. The van der Waals surface area contributed by atoms with Crippen molar-refractivity contribution in [3.63, 3.8) is 0 Å². The number of hydrogen-bond acceptors (Lipinski definition) is 3. The maximum atomic E-state index is 4.93. The minimum absolute atomic E-state index is 0.499. The second kappa shape index (κ2) is 9.09. The first-order valence-corrected chi connectivity index (χ1v) is 8.32. The molecule has 1 aromatic rings. The van der Waals surface area contributed by atoms with Crippen LogP contribution in [0.2, 0.25) is 0 Å². The summed E-state index contributed by atoms with van der Waals surface area (Å²) in [5.74, 6) is 0.808. The van der Waals surface area contributed by atoms with E-state index in [0.29, 0.717) is 12.6 Å². The molecule has 3 nitrogen and oxygen atoms in total. The molecule has 122 valence electrons. The fourth-order valence-corrected chi connectivity index (χ4v) is 3.13. The van der Waals surface area contributed by atoms with Gasteiger partial charge in [0.15, 0.2) is 0 Å². The lowest BCUT2D eigenvalue weighted by molar-refractivity contribution is -0.282. The summed E-state index contributed by atoms with van der Waals surface area (Å²) < 4.78 is 0. The van der Waals surface area contributed by atoms with Gasteiger partial charge in [-0.05, 0) is 56.6 Å². The van der Waals surface area contributed by atoms with Crippen LogP contribution in [0, 0.1) is 5.92 Å². The van der Waals surface area contributed by atoms with Gasteiger partial charge < -0.3 is 5.32 Å². The van der Waals surface area contributed by atoms with E-state index in [0.717, 1.165) is 18.0 Å². The first kappa shape index (κ1) is 17.2. The highest BCUT2D eigenvalue weighted by Crippen LogP contribution is 2.29. The van der Waals surface area contributed by atoms with Crippen LogP contribution in [0.15, 0.2) is 35.9 Å². The van der Waals surface area contributed by atoms with Crippen molar-refractivity contribution in [3.05, 3.63) is 47.0 Å². The lowest BCUT2D eigenvalue weighted by atomic mass is 9.82. The molecule has 1 aliphatic carbocycles. The van der Waals surface area contributed by atoms with Crippen LogP contribution in [-0.2, 0) is 22.9 Å². The van der Waals surface area contributed by atoms with E-state index in [2.05, 4.69) is 54.4 Å². The molecule has 1 N–H and O–H groups in total. The van der Waals surface area contributed by atoms with E-state index in [4.69, 9.17) is 4.89 Å². The monoisotopic (exact) mass is 303 g/mol. The minimum Gasteiger partial charge on any atom is -0.310 e. The Morgan fingerprint density at radius 3 is 2.36 bits per heavy atom. The molecule has 0 heterocycles. The summed E-state index contributed by atoms with van der Waals surface area (Å²) in [6, 6.07) is 9.19. The van der Waals surface area contributed by atoms with E-state index in [1.165, 1.54) is 38.4 Å². The van der Waals surface area contributed by atoms with E-state index in [1.54, 1.807) is 5.57 Å². The number of rotatable bonds is 7. The lowest BCUT2D eigenvalue weighted by Gasteiger charge is -2.30. The summed E-state index contributed by atoms with van der Waals surface area (Å²) in [7, 11) is 1.53. The van der Waals surface area contributed by atoms with Crippen LogP contribution < -0.4 is 5.32 Å². The molecule has 0 atom stereocenters. The molecule has 0 unspecified atom stereocenters. The summed E-state index contributed by atoms with van der Waals surface area (Å²) in [6.07, 6.45) is 7.49. The van der Waals surface area contributed by atoms with Gasteiger partial charge >= 0.3 is 0 Å². The standard InChI is InChI=1S/C19H29NO2/c1-4-15(2)18-9-11-19(12-10-18)20-13-16-5-7-17(8-6-16)14-22-21-3/h4-8,18-20H,9-14H2,1-3H3/b15-4-. The van der Waals surface area contributed by atoms with Crippen molar-refractivity contribution in [2.24, 2.45) is 5.92 Å². The Hall–Kier alpha value is -1.16. The Morgan fingerprint density at radius 2 is 1.77 bits per heavy atom. The molecular formula is C19H29NO2. The maximum absolute atomic E-state index is 4.93. The van der Waals surface area contributed by atoms with E-state index < -0.39 is 0 Å². The highest BCUT2D eigenvalue weighted by Gasteiger charge is 2.21. The van der Waals surface area contributed by atoms with Crippen LogP contribution in [0.1, 0.15) is 50.7 Å². The Bertz CT molecular complexity index is 459. The topological polar surface area (TPSA) is 30.5 Å². The third-order valence-electron chi connectivity index (χ3n) is 4.79. The normalized spacial score (nSPS) is 22.8. The second-order valence-corrected chi connectivity index (χ2v) is 6.21. The van der Waals surface area contributed by atoms with Gasteiger partial charge in [0.25, 0.3) is 0 Å². The van der Waals surface area contributed by atoms with Crippen LogP contribution in [0.25, 0.3) is 0 Å². The van der Waals surface area contributed by atoms with E-state index in [1.807, 2.05) is 0 Å². The van der Waals surface area contributed by atoms with Gasteiger partial charge in [-0.1, -0.05) is 35.9 Å². The molecule has 0 saturated heterocycles. The number of allylic oxidation sites excluding steroid dienone is 2. The molecule has 0 amide bonds. The van der Waals surface area contributed by atoms with Gasteiger partial charge in [-0.15, -0.1) is 0 Å². The SMILES string of the molecule is C/C=C(/C)C1CCC(NCc2ccc(COOC)cc2)CC1. The highest BCUT2D eigenvalue weighted by molar-refractivity contribution is 5.22. The minimum atomic E-state index is 0.499.